The number of hydrogen-bond acceptors (Lipinski definition) is 2. The summed E-state index contributed by atoms with van der Waals surface area (Å²) in [6.45, 7) is 4.94. The molecule has 0 aromatic rings. The molecule has 2 rings (SSSR count). The molecule has 1 saturated carbocycles. The summed E-state index contributed by atoms with van der Waals surface area (Å²) >= 11 is 0. The van der Waals surface area contributed by atoms with Gasteiger partial charge in [-0.2, -0.15) is 0 Å². The van der Waals surface area contributed by atoms with Crippen molar-refractivity contribution in [3.05, 3.63) is 0 Å². The Balaban J connectivity index is 1.89. The number of nitrogens with zero attached hydrogens (tertiary/aromatic N) is 1. The van der Waals surface area contributed by atoms with E-state index in [2.05, 4.69) is 11.8 Å². The Kier molecular flexibility index (Phi) is 4.66. The average molecular weight is 224 g/mol. The summed E-state index contributed by atoms with van der Waals surface area (Å²) in [5.74, 6) is 0.784. The highest BCUT2D eigenvalue weighted by Gasteiger charge is 2.28. The lowest BCUT2D eigenvalue weighted by molar-refractivity contribution is 0.160. The molecule has 1 saturated heterocycles. The minimum Gasteiger partial charge on any atom is -0.327 e. The van der Waals surface area contributed by atoms with Crippen LogP contribution in [0.15, 0.2) is 0 Å². The topological polar surface area (TPSA) is 29.3 Å². The van der Waals surface area contributed by atoms with Crippen LogP contribution in [0.1, 0.15) is 58.3 Å². The quantitative estimate of drug-likeness (QED) is 0.798. The standard InChI is InChI=1S/C14H28N2/c1-2-13-8-4-3-5-10-16(13)11-12-7-6-9-14(12)15/h12-14H,2-11,15H2,1H3. The molecule has 0 radical (unpaired) electrons. The molecule has 3 unspecified atom stereocenters. The first-order valence-electron chi connectivity index (χ1n) is 7.31. The minimum absolute atomic E-state index is 0.487. The van der Waals surface area contributed by atoms with Gasteiger partial charge in [0.2, 0.25) is 0 Å². The Morgan fingerprint density at radius 2 is 1.94 bits per heavy atom. The molecule has 2 nitrogen and oxygen atoms in total. The van der Waals surface area contributed by atoms with Gasteiger partial charge >= 0.3 is 0 Å². The van der Waals surface area contributed by atoms with Gasteiger partial charge in [-0.25, -0.2) is 0 Å². The lowest BCUT2D eigenvalue weighted by Crippen LogP contribution is -2.41. The monoisotopic (exact) mass is 224 g/mol. The number of likely N-dealkylation sites (tertiary alicyclic amines) is 1. The molecule has 1 heterocycles. The van der Waals surface area contributed by atoms with Crippen LogP contribution in [0.2, 0.25) is 0 Å². The van der Waals surface area contributed by atoms with Gasteiger partial charge in [0.15, 0.2) is 0 Å². The van der Waals surface area contributed by atoms with Gasteiger partial charge in [0.25, 0.3) is 0 Å². The molecule has 1 aliphatic heterocycles. The molecule has 94 valence electrons. The van der Waals surface area contributed by atoms with Crippen molar-refractivity contribution in [3.63, 3.8) is 0 Å². The Hall–Kier alpha value is -0.0800. The molecule has 2 N–H and O–H groups in total. The maximum atomic E-state index is 6.20. The van der Waals surface area contributed by atoms with Gasteiger partial charge in [0.1, 0.15) is 0 Å². The first-order chi connectivity index (χ1) is 7.81. The zero-order valence-corrected chi connectivity index (χ0v) is 10.8. The lowest BCUT2D eigenvalue weighted by Gasteiger charge is -2.32. The summed E-state index contributed by atoms with van der Waals surface area (Å²) in [6.07, 6.45) is 11.0. The SMILES string of the molecule is CCC1CCCCCN1CC1CCCC1N. The second-order valence-corrected chi connectivity index (χ2v) is 5.76. The van der Waals surface area contributed by atoms with Gasteiger partial charge in [-0.15, -0.1) is 0 Å². The highest BCUT2D eigenvalue weighted by Crippen LogP contribution is 2.27. The van der Waals surface area contributed by atoms with E-state index in [0.29, 0.717) is 6.04 Å². The minimum atomic E-state index is 0.487. The Labute approximate surface area is 101 Å². The second kappa shape index (κ2) is 6.02. The van der Waals surface area contributed by atoms with Crippen LogP contribution >= 0.6 is 0 Å². The predicted molar refractivity (Wildman–Crippen MR) is 69.4 cm³/mol. The molecule has 0 spiro atoms. The number of rotatable bonds is 3. The van der Waals surface area contributed by atoms with E-state index in [9.17, 15) is 0 Å². The number of nitrogens with two attached hydrogens (primary N) is 1. The molecule has 2 fully saturated rings. The molecule has 0 amide bonds. The van der Waals surface area contributed by atoms with Crippen LogP contribution < -0.4 is 5.73 Å². The Morgan fingerprint density at radius 1 is 1.06 bits per heavy atom. The van der Waals surface area contributed by atoms with Crippen LogP contribution in [-0.2, 0) is 0 Å². The molecule has 0 bridgehead atoms. The van der Waals surface area contributed by atoms with Crippen molar-refractivity contribution in [2.75, 3.05) is 13.1 Å². The Morgan fingerprint density at radius 3 is 2.62 bits per heavy atom. The van der Waals surface area contributed by atoms with Crippen molar-refractivity contribution >= 4 is 0 Å². The highest BCUT2D eigenvalue weighted by molar-refractivity contribution is 4.85. The molecule has 16 heavy (non-hydrogen) atoms. The van der Waals surface area contributed by atoms with Crippen molar-refractivity contribution in [3.8, 4) is 0 Å². The highest BCUT2D eigenvalue weighted by atomic mass is 15.2. The van der Waals surface area contributed by atoms with Crippen LogP contribution in [-0.4, -0.2) is 30.1 Å². The predicted octanol–water partition coefficient (Wildman–Crippen LogP) is 2.77. The fourth-order valence-corrected chi connectivity index (χ4v) is 3.53. The number of hydrogen-bond donors (Lipinski definition) is 1. The maximum absolute atomic E-state index is 6.20. The molecule has 2 aliphatic rings. The summed E-state index contributed by atoms with van der Waals surface area (Å²) in [5, 5.41) is 0. The zero-order valence-electron chi connectivity index (χ0n) is 10.8. The van der Waals surface area contributed by atoms with E-state index in [1.807, 2.05) is 0 Å². The molecular formula is C14H28N2. The van der Waals surface area contributed by atoms with Gasteiger partial charge in [-0.1, -0.05) is 26.2 Å². The van der Waals surface area contributed by atoms with Gasteiger partial charge in [0, 0.05) is 18.6 Å². The molecule has 0 aromatic heterocycles. The largest absolute Gasteiger partial charge is 0.327 e. The van der Waals surface area contributed by atoms with Gasteiger partial charge in [-0.3, -0.25) is 0 Å². The smallest absolute Gasteiger partial charge is 0.00927 e. The first-order valence-corrected chi connectivity index (χ1v) is 7.31. The van der Waals surface area contributed by atoms with Crippen molar-refractivity contribution in [1.82, 2.24) is 4.90 Å². The van der Waals surface area contributed by atoms with E-state index >= 15 is 0 Å². The second-order valence-electron chi connectivity index (χ2n) is 5.76. The fraction of sp³-hybridized carbons (Fsp3) is 1.00. The zero-order chi connectivity index (χ0) is 11.4. The van der Waals surface area contributed by atoms with Crippen LogP contribution in [0.5, 0.6) is 0 Å². The van der Waals surface area contributed by atoms with E-state index < -0.39 is 0 Å². The van der Waals surface area contributed by atoms with E-state index in [4.69, 9.17) is 5.73 Å². The Bertz CT molecular complexity index is 205. The molecule has 2 heteroatoms. The van der Waals surface area contributed by atoms with Crippen molar-refractivity contribution in [2.24, 2.45) is 11.7 Å². The fourth-order valence-electron chi connectivity index (χ4n) is 3.53. The summed E-state index contributed by atoms with van der Waals surface area (Å²) in [4.78, 5) is 2.75. The van der Waals surface area contributed by atoms with Gasteiger partial charge in [0.05, 0.1) is 0 Å². The van der Waals surface area contributed by atoms with Gasteiger partial charge in [-0.05, 0) is 44.6 Å². The summed E-state index contributed by atoms with van der Waals surface area (Å²) in [5.41, 5.74) is 6.20. The van der Waals surface area contributed by atoms with E-state index in [1.165, 1.54) is 64.5 Å². The third kappa shape index (κ3) is 2.98. The van der Waals surface area contributed by atoms with Crippen LogP contribution in [0.4, 0.5) is 0 Å². The van der Waals surface area contributed by atoms with E-state index in [1.54, 1.807) is 0 Å². The van der Waals surface area contributed by atoms with Crippen molar-refractivity contribution < 1.29 is 0 Å². The summed E-state index contributed by atoms with van der Waals surface area (Å²) in [7, 11) is 0. The van der Waals surface area contributed by atoms with Crippen molar-refractivity contribution in [2.45, 2.75) is 70.4 Å². The first kappa shape index (κ1) is 12.4. The third-order valence-electron chi connectivity index (χ3n) is 4.66. The van der Waals surface area contributed by atoms with E-state index in [0.717, 1.165) is 12.0 Å². The lowest BCUT2D eigenvalue weighted by atomic mass is 10.0. The summed E-state index contributed by atoms with van der Waals surface area (Å²) < 4.78 is 0. The van der Waals surface area contributed by atoms with Crippen LogP contribution in [0, 0.1) is 5.92 Å². The maximum Gasteiger partial charge on any atom is 0.00927 e. The van der Waals surface area contributed by atoms with Crippen LogP contribution in [0.25, 0.3) is 0 Å². The van der Waals surface area contributed by atoms with Gasteiger partial charge < -0.3 is 10.6 Å². The summed E-state index contributed by atoms with van der Waals surface area (Å²) in [6, 6.07) is 1.33. The molecule has 3 atom stereocenters. The normalized spacial score (nSPS) is 37.5. The van der Waals surface area contributed by atoms with E-state index in [-0.39, 0.29) is 0 Å². The average Bonchev–Trinajstić information content (AvgIpc) is 2.56. The van der Waals surface area contributed by atoms with Crippen molar-refractivity contribution in [1.29, 1.82) is 0 Å². The molecule has 1 aliphatic carbocycles. The third-order valence-corrected chi connectivity index (χ3v) is 4.66. The molecular weight excluding hydrogens is 196 g/mol. The van der Waals surface area contributed by atoms with Crippen LogP contribution in [0.3, 0.4) is 0 Å². The molecule has 0 aromatic carbocycles.